The Morgan fingerprint density at radius 3 is 2.47 bits per heavy atom. The number of nitrogens with one attached hydrogen (secondary N) is 1. The maximum Gasteiger partial charge on any atom is 0.0446 e. The van der Waals surface area contributed by atoms with E-state index in [0.29, 0.717) is 18.1 Å². The van der Waals surface area contributed by atoms with Crippen molar-refractivity contribution in [2.45, 2.75) is 70.9 Å². The lowest BCUT2D eigenvalue weighted by Crippen LogP contribution is -2.48. The smallest absolute Gasteiger partial charge is 0.0446 e. The Hall–Kier alpha value is -0.120. The lowest BCUT2D eigenvalue weighted by Gasteiger charge is -2.39. The lowest BCUT2D eigenvalue weighted by molar-refractivity contribution is 0.0790. The summed E-state index contributed by atoms with van der Waals surface area (Å²) in [5.41, 5.74) is 0.344. The molecule has 0 bridgehead atoms. The van der Waals surface area contributed by atoms with E-state index in [4.69, 9.17) is 0 Å². The van der Waals surface area contributed by atoms with E-state index in [-0.39, 0.29) is 0 Å². The Balaban J connectivity index is 2.08. The molecule has 19 heavy (non-hydrogen) atoms. The first-order valence-electron chi connectivity index (χ1n) is 8.20. The highest BCUT2D eigenvalue weighted by Crippen LogP contribution is 2.29. The second kappa shape index (κ2) is 7.05. The molecule has 0 aromatic carbocycles. The van der Waals surface area contributed by atoms with Crippen molar-refractivity contribution in [1.82, 2.24) is 10.2 Å². The largest absolute Gasteiger partial charge is 0.396 e. The number of aliphatic hydroxyl groups is 1. The Morgan fingerprint density at radius 2 is 1.84 bits per heavy atom. The van der Waals surface area contributed by atoms with Crippen LogP contribution in [-0.4, -0.2) is 48.3 Å². The first-order chi connectivity index (χ1) is 9.12. The van der Waals surface area contributed by atoms with Crippen LogP contribution < -0.4 is 5.32 Å². The highest BCUT2D eigenvalue weighted by Gasteiger charge is 2.34. The topological polar surface area (TPSA) is 35.5 Å². The molecule has 0 aromatic heterocycles. The first kappa shape index (κ1) is 15.3. The second-order valence-electron chi connectivity index (χ2n) is 7.28. The van der Waals surface area contributed by atoms with E-state index in [0.717, 1.165) is 25.6 Å². The third kappa shape index (κ3) is 4.44. The van der Waals surface area contributed by atoms with Crippen molar-refractivity contribution in [2.24, 2.45) is 5.41 Å². The average molecular weight is 268 g/mol. The van der Waals surface area contributed by atoms with Gasteiger partial charge in [-0.3, -0.25) is 4.90 Å². The van der Waals surface area contributed by atoms with Crippen LogP contribution in [0.1, 0.15) is 58.8 Å². The van der Waals surface area contributed by atoms with E-state index in [1.807, 2.05) is 0 Å². The third-order valence-electron chi connectivity index (χ3n) is 4.82. The zero-order valence-corrected chi connectivity index (χ0v) is 12.8. The van der Waals surface area contributed by atoms with E-state index in [2.05, 4.69) is 24.1 Å². The van der Waals surface area contributed by atoms with Crippen molar-refractivity contribution in [2.75, 3.05) is 26.2 Å². The van der Waals surface area contributed by atoms with Gasteiger partial charge in [-0.25, -0.2) is 0 Å². The SMILES string of the molecule is CC1(C)CNCC(CCO)N(C2CCCCCC2)C1. The molecule has 112 valence electrons. The van der Waals surface area contributed by atoms with Gasteiger partial charge in [-0.15, -0.1) is 0 Å². The van der Waals surface area contributed by atoms with Crippen LogP contribution in [0.25, 0.3) is 0 Å². The summed E-state index contributed by atoms with van der Waals surface area (Å²) in [7, 11) is 0. The third-order valence-corrected chi connectivity index (χ3v) is 4.82. The van der Waals surface area contributed by atoms with Gasteiger partial charge in [-0.05, 0) is 24.7 Å². The molecule has 3 heteroatoms. The summed E-state index contributed by atoms with van der Waals surface area (Å²) < 4.78 is 0. The molecular formula is C16H32N2O. The fraction of sp³-hybridized carbons (Fsp3) is 1.00. The van der Waals surface area contributed by atoms with Crippen LogP contribution >= 0.6 is 0 Å². The van der Waals surface area contributed by atoms with Gasteiger partial charge in [-0.1, -0.05) is 39.5 Å². The quantitative estimate of drug-likeness (QED) is 0.772. The van der Waals surface area contributed by atoms with Crippen molar-refractivity contribution in [3.63, 3.8) is 0 Å². The van der Waals surface area contributed by atoms with E-state index < -0.39 is 0 Å². The van der Waals surface area contributed by atoms with Gasteiger partial charge in [0.25, 0.3) is 0 Å². The van der Waals surface area contributed by atoms with Gasteiger partial charge in [0.1, 0.15) is 0 Å². The Labute approximate surface area is 118 Å². The van der Waals surface area contributed by atoms with Crippen LogP contribution in [0.5, 0.6) is 0 Å². The van der Waals surface area contributed by atoms with Gasteiger partial charge in [0.2, 0.25) is 0 Å². The molecule has 2 aliphatic rings. The Morgan fingerprint density at radius 1 is 1.16 bits per heavy atom. The van der Waals surface area contributed by atoms with Gasteiger partial charge < -0.3 is 10.4 Å². The van der Waals surface area contributed by atoms with Gasteiger partial charge >= 0.3 is 0 Å². The van der Waals surface area contributed by atoms with E-state index in [1.54, 1.807) is 0 Å². The monoisotopic (exact) mass is 268 g/mol. The second-order valence-corrected chi connectivity index (χ2v) is 7.28. The van der Waals surface area contributed by atoms with Gasteiger partial charge in [0.05, 0.1) is 0 Å². The molecule has 0 radical (unpaired) electrons. The number of hydrogen-bond acceptors (Lipinski definition) is 3. The molecule has 2 fully saturated rings. The summed E-state index contributed by atoms with van der Waals surface area (Å²) in [4.78, 5) is 2.74. The molecule has 1 saturated heterocycles. The number of hydrogen-bond donors (Lipinski definition) is 2. The van der Waals surface area contributed by atoms with Crippen molar-refractivity contribution >= 4 is 0 Å². The van der Waals surface area contributed by atoms with Crippen molar-refractivity contribution in [3.8, 4) is 0 Å². The minimum Gasteiger partial charge on any atom is -0.396 e. The van der Waals surface area contributed by atoms with E-state index >= 15 is 0 Å². The van der Waals surface area contributed by atoms with Gasteiger partial charge in [0.15, 0.2) is 0 Å². The molecule has 1 aliphatic carbocycles. The van der Waals surface area contributed by atoms with Crippen molar-refractivity contribution in [3.05, 3.63) is 0 Å². The average Bonchev–Trinajstić information content (AvgIpc) is 2.69. The highest BCUT2D eigenvalue weighted by atomic mass is 16.3. The van der Waals surface area contributed by atoms with Crippen molar-refractivity contribution < 1.29 is 5.11 Å². The summed E-state index contributed by atoms with van der Waals surface area (Å²) in [5, 5.41) is 13.0. The fourth-order valence-corrected chi connectivity index (χ4v) is 3.81. The molecule has 1 atom stereocenters. The van der Waals surface area contributed by atoms with Crippen LogP contribution in [-0.2, 0) is 0 Å². The number of aliphatic hydroxyl groups excluding tert-OH is 1. The van der Waals surface area contributed by atoms with Crippen LogP contribution in [0.4, 0.5) is 0 Å². The zero-order valence-electron chi connectivity index (χ0n) is 12.8. The molecule has 1 heterocycles. The number of nitrogens with zero attached hydrogens (tertiary/aromatic N) is 1. The Bertz CT molecular complexity index is 259. The molecule has 0 amide bonds. The van der Waals surface area contributed by atoms with Gasteiger partial charge in [-0.2, -0.15) is 0 Å². The molecule has 3 nitrogen and oxygen atoms in total. The molecule has 1 unspecified atom stereocenters. The molecule has 0 spiro atoms. The Kier molecular flexibility index (Phi) is 5.67. The molecule has 2 N–H and O–H groups in total. The molecule has 1 saturated carbocycles. The predicted molar refractivity (Wildman–Crippen MR) is 80.3 cm³/mol. The summed E-state index contributed by atoms with van der Waals surface area (Å²) in [6, 6.07) is 1.27. The highest BCUT2D eigenvalue weighted by molar-refractivity contribution is 4.90. The molecule has 2 rings (SSSR count). The van der Waals surface area contributed by atoms with E-state index in [9.17, 15) is 5.11 Å². The van der Waals surface area contributed by atoms with Gasteiger partial charge in [0, 0.05) is 38.3 Å². The lowest BCUT2D eigenvalue weighted by atomic mass is 9.91. The normalized spacial score (nSPS) is 30.8. The summed E-state index contributed by atoms with van der Waals surface area (Å²) in [6.45, 7) is 8.36. The fourth-order valence-electron chi connectivity index (χ4n) is 3.81. The van der Waals surface area contributed by atoms with Crippen LogP contribution in [0.3, 0.4) is 0 Å². The maximum absolute atomic E-state index is 9.36. The minimum absolute atomic E-state index is 0.315. The first-order valence-corrected chi connectivity index (χ1v) is 8.20. The van der Waals surface area contributed by atoms with E-state index in [1.165, 1.54) is 45.1 Å². The minimum atomic E-state index is 0.315. The van der Waals surface area contributed by atoms with Crippen molar-refractivity contribution in [1.29, 1.82) is 0 Å². The number of rotatable bonds is 3. The molecular weight excluding hydrogens is 236 g/mol. The standard InChI is InChI=1S/C16H32N2O/c1-16(2)12-17-11-15(9-10-19)18(13-16)14-7-5-3-4-6-8-14/h14-15,17,19H,3-13H2,1-2H3. The maximum atomic E-state index is 9.36. The molecule has 0 aromatic rings. The summed E-state index contributed by atoms with van der Waals surface area (Å²) in [6.07, 6.45) is 9.24. The molecule has 1 aliphatic heterocycles. The van der Waals surface area contributed by atoms with Crippen LogP contribution in [0.2, 0.25) is 0 Å². The zero-order chi connectivity index (χ0) is 13.7. The van der Waals surface area contributed by atoms with Crippen LogP contribution in [0.15, 0.2) is 0 Å². The summed E-state index contributed by atoms with van der Waals surface area (Å²) >= 11 is 0. The predicted octanol–water partition coefficient (Wildman–Crippen LogP) is 2.39. The van der Waals surface area contributed by atoms with Crippen LogP contribution in [0, 0.1) is 5.41 Å². The summed E-state index contributed by atoms with van der Waals surface area (Å²) in [5.74, 6) is 0.